The van der Waals surface area contributed by atoms with Crippen molar-refractivity contribution < 1.29 is 0 Å². The molecule has 1 aliphatic rings. The van der Waals surface area contributed by atoms with Crippen LogP contribution in [0, 0.1) is 5.92 Å². The highest BCUT2D eigenvalue weighted by Crippen LogP contribution is 2.28. The predicted molar refractivity (Wildman–Crippen MR) is 66.3 cm³/mol. The SMILES string of the molecule is CC(CN)CCc1ccn(C2CCCC2)n1. The van der Waals surface area contributed by atoms with E-state index in [0.717, 1.165) is 19.4 Å². The van der Waals surface area contributed by atoms with Gasteiger partial charge in [0, 0.05) is 6.20 Å². The lowest BCUT2D eigenvalue weighted by atomic mass is 10.1. The maximum atomic E-state index is 5.62. The summed E-state index contributed by atoms with van der Waals surface area (Å²) >= 11 is 0. The predicted octanol–water partition coefficient (Wildman–Crippen LogP) is 2.53. The molecule has 0 aromatic carbocycles. The van der Waals surface area contributed by atoms with Gasteiger partial charge in [-0.25, -0.2) is 0 Å². The zero-order chi connectivity index (χ0) is 11.4. The Morgan fingerprint density at radius 3 is 2.94 bits per heavy atom. The molecule has 0 bridgehead atoms. The average Bonchev–Trinajstić information content (AvgIpc) is 2.95. The van der Waals surface area contributed by atoms with Crippen LogP contribution in [0.15, 0.2) is 12.3 Å². The van der Waals surface area contributed by atoms with Crippen LogP contribution >= 0.6 is 0 Å². The molecule has 1 aliphatic carbocycles. The third-order valence-electron chi connectivity index (χ3n) is 3.66. The number of aromatic nitrogens is 2. The molecule has 1 aromatic heterocycles. The minimum absolute atomic E-state index is 0.608. The quantitative estimate of drug-likeness (QED) is 0.830. The number of nitrogens with zero attached hydrogens (tertiary/aromatic N) is 2. The van der Waals surface area contributed by atoms with E-state index in [1.807, 2.05) is 0 Å². The van der Waals surface area contributed by atoms with E-state index in [1.165, 1.54) is 31.4 Å². The number of hydrogen-bond donors (Lipinski definition) is 1. The van der Waals surface area contributed by atoms with Gasteiger partial charge in [-0.3, -0.25) is 4.68 Å². The van der Waals surface area contributed by atoms with Crippen LogP contribution in [0.2, 0.25) is 0 Å². The van der Waals surface area contributed by atoms with Crippen molar-refractivity contribution in [3.63, 3.8) is 0 Å². The summed E-state index contributed by atoms with van der Waals surface area (Å²) in [6.45, 7) is 2.98. The molecule has 3 nitrogen and oxygen atoms in total. The topological polar surface area (TPSA) is 43.8 Å². The summed E-state index contributed by atoms with van der Waals surface area (Å²) in [5, 5.41) is 4.67. The van der Waals surface area contributed by atoms with Crippen molar-refractivity contribution >= 4 is 0 Å². The molecule has 2 rings (SSSR count). The van der Waals surface area contributed by atoms with Gasteiger partial charge in [-0.1, -0.05) is 19.8 Å². The normalized spacial score (nSPS) is 19.1. The van der Waals surface area contributed by atoms with Crippen LogP contribution in [0.5, 0.6) is 0 Å². The highest BCUT2D eigenvalue weighted by Gasteiger charge is 2.17. The smallest absolute Gasteiger partial charge is 0.0624 e. The van der Waals surface area contributed by atoms with E-state index >= 15 is 0 Å². The molecule has 0 spiro atoms. The third-order valence-corrected chi connectivity index (χ3v) is 3.66. The summed E-state index contributed by atoms with van der Waals surface area (Å²) in [5.74, 6) is 0.608. The molecule has 16 heavy (non-hydrogen) atoms. The Kier molecular flexibility index (Phi) is 3.99. The van der Waals surface area contributed by atoms with Gasteiger partial charge < -0.3 is 5.73 Å². The molecule has 1 saturated carbocycles. The molecular weight excluding hydrogens is 198 g/mol. The van der Waals surface area contributed by atoms with Crippen LogP contribution in [-0.4, -0.2) is 16.3 Å². The maximum absolute atomic E-state index is 5.62. The number of aryl methyl sites for hydroxylation is 1. The van der Waals surface area contributed by atoms with Crippen LogP contribution in [-0.2, 0) is 6.42 Å². The molecule has 0 saturated heterocycles. The Bertz CT molecular complexity index is 313. The third kappa shape index (κ3) is 2.85. The van der Waals surface area contributed by atoms with Crippen molar-refractivity contribution in [3.8, 4) is 0 Å². The highest BCUT2D eigenvalue weighted by atomic mass is 15.3. The lowest BCUT2D eigenvalue weighted by Gasteiger charge is -2.09. The standard InChI is InChI=1S/C13H23N3/c1-11(10-14)6-7-12-8-9-16(15-12)13-4-2-3-5-13/h8-9,11,13H,2-7,10,14H2,1H3. The molecule has 1 aromatic rings. The van der Waals surface area contributed by atoms with Crippen LogP contribution in [0.1, 0.15) is 50.8 Å². The van der Waals surface area contributed by atoms with Gasteiger partial charge in [0.2, 0.25) is 0 Å². The molecule has 90 valence electrons. The zero-order valence-electron chi connectivity index (χ0n) is 10.2. The molecule has 1 unspecified atom stereocenters. The summed E-state index contributed by atoms with van der Waals surface area (Å²) < 4.78 is 2.18. The summed E-state index contributed by atoms with van der Waals surface area (Å²) in [6.07, 6.45) is 9.71. The lowest BCUT2D eigenvalue weighted by molar-refractivity contribution is 0.459. The Balaban J connectivity index is 1.86. The van der Waals surface area contributed by atoms with Gasteiger partial charge in [-0.15, -0.1) is 0 Å². The second kappa shape index (κ2) is 5.48. The highest BCUT2D eigenvalue weighted by molar-refractivity contribution is 5.00. The number of nitrogens with two attached hydrogens (primary N) is 1. The molecule has 1 fully saturated rings. The van der Waals surface area contributed by atoms with Crippen LogP contribution in [0.3, 0.4) is 0 Å². The fourth-order valence-electron chi connectivity index (χ4n) is 2.40. The second-order valence-electron chi connectivity index (χ2n) is 5.10. The van der Waals surface area contributed by atoms with Gasteiger partial charge in [0.05, 0.1) is 11.7 Å². The molecule has 1 atom stereocenters. The Labute approximate surface area is 98.0 Å². The van der Waals surface area contributed by atoms with Crippen LogP contribution < -0.4 is 5.73 Å². The molecule has 1 heterocycles. The molecule has 0 radical (unpaired) electrons. The van der Waals surface area contributed by atoms with Gasteiger partial charge in [-0.2, -0.15) is 5.10 Å². The fraction of sp³-hybridized carbons (Fsp3) is 0.769. The van der Waals surface area contributed by atoms with Gasteiger partial charge in [0.25, 0.3) is 0 Å². The van der Waals surface area contributed by atoms with E-state index in [0.29, 0.717) is 12.0 Å². The Morgan fingerprint density at radius 2 is 2.25 bits per heavy atom. The van der Waals surface area contributed by atoms with Crippen LogP contribution in [0.4, 0.5) is 0 Å². The maximum Gasteiger partial charge on any atom is 0.0624 e. The summed E-state index contributed by atoms with van der Waals surface area (Å²) in [4.78, 5) is 0. The molecule has 3 heteroatoms. The van der Waals surface area contributed by atoms with Gasteiger partial charge in [0.1, 0.15) is 0 Å². The first-order valence-electron chi connectivity index (χ1n) is 6.53. The summed E-state index contributed by atoms with van der Waals surface area (Å²) in [6, 6.07) is 2.84. The van der Waals surface area contributed by atoms with Crippen molar-refractivity contribution in [2.45, 2.75) is 51.5 Å². The van der Waals surface area contributed by atoms with Crippen molar-refractivity contribution in [2.24, 2.45) is 11.7 Å². The molecule has 2 N–H and O–H groups in total. The van der Waals surface area contributed by atoms with E-state index < -0.39 is 0 Å². The monoisotopic (exact) mass is 221 g/mol. The summed E-state index contributed by atoms with van der Waals surface area (Å²) in [5.41, 5.74) is 6.84. The number of rotatable bonds is 5. The number of hydrogen-bond acceptors (Lipinski definition) is 2. The minimum Gasteiger partial charge on any atom is -0.330 e. The van der Waals surface area contributed by atoms with E-state index in [9.17, 15) is 0 Å². The van der Waals surface area contributed by atoms with E-state index in [-0.39, 0.29) is 0 Å². The largest absolute Gasteiger partial charge is 0.330 e. The van der Waals surface area contributed by atoms with E-state index in [1.54, 1.807) is 0 Å². The first kappa shape index (κ1) is 11.6. The average molecular weight is 221 g/mol. The first-order valence-corrected chi connectivity index (χ1v) is 6.53. The van der Waals surface area contributed by atoms with Crippen molar-refractivity contribution in [1.29, 1.82) is 0 Å². The molecule has 0 aliphatic heterocycles. The lowest BCUT2D eigenvalue weighted by Crippen LogP contribution is -2.11. The van der Waals surface area contributed by atoms with Crippen molar-refractivity contribution in [2.75, 3.05) is 6.54 Å². The zero-order valence-corrected chi connectivity index (χ0v) is 10.2. The first-order chi connectivity index (χ1) is 7.79. The Morgan fingerprint density at radius 1 is 1.50 bits per heavy atom. The van der Waals surface area contributed by atoms with Gasteiger partial charge in [-0.05, 0) is 44.2 Å². The van der Waals surface area contributed by atoms with Crippen LogP contribution in [0.25, 0.3) is 0 Å². The van der Waals surface area contributed by atoms with Gasteiger partial charge in [0.15, 0.2) is 0 Å². The molecule has 0 amide bonds. The van der Waals surface area contributed by atoms with Crippen molar-refractivity contribution in [3.05, 3.63) is 18.0 Å². The molecular formula is C13H23N3. The van der Waals surface area contributed by atoms with E-state index in [4.69, 9.17) is 5.73 Å². The second-order valence-corrected chi connectivity index (χ2v) is 5.10. The minimum atomic E-state index is 0.608. The van der Waals surface area contributed by atoms with E-state index in [2.05, 4.69) is 29.0 Å². The van der Waals surface area contributed by atoms with Gasteiger partial charge >= 0.3 is 0 Å². The Hall–Kier alpha value is -0.830. The van der Waals surface area contributed by atoms with Crippen molar-refractivity contribution in [1.82, 2.24) is 9.78 Å². The fourth-order valence-corrected chi connectivity index (χ4v) is 2.40. The summed E-state index contributed by atoms with van der Waals surface area (Å²) in [7, 11) is 0.